The molecule has 1 aromatic carbocycles. The summed E-state index contributed by atoms with van der Waals surface area (Å²) in [6.45, 7) is 1.20. The van der Waals surface area contributed by atoms with Crippen LogP contribution in [0.15, 0.2) is 30.3 Å². The molecule has 5 heteroatoms. The minimum absolute atomic E-state index is 0. The molecule has 3 aromatic rings. The number of benzene rings is 1. The Balaban J connectivity index is 0.00000157. The van der Waals surface area contributed by atoms with Crippen LogP contribution >= 0.6 is 0 Å². The molecule has 0 saturated carbocycles. The molecule has 2 aliphatic rings. The fourth-order valence-electron chi connectivity index (χ4n) is 3.79. The summed E-state index contributed by atoms with van der Waals surface area (Å²) in [5, 5.41) is 4.67. The van der Waals surface area contributed by atoms with Crippen molar-refractivity contribution in [2.24, 2.45) is 7.05 Å². The third kappa shape index (κ3) is 2.51. The van der Waals surface area contributed by atoms with Crippen LogP contribution in [0.3, 0.4) is 0 Å². The van der Waals surface area contributed by atoms with Crippen molar-refractivity contribution in [3.63, 3.8) is 0 Å². The summed E-state index contributed by atoms with van der Waals surface area (Å²) in [7, 11) is 2.12. The van der Waals surface area contributed by atoms with Crippen molar-refractivity contribution in [3.05, 3.63) is 41.6 Å². The second kappa shape index (κ2) is 5.99. The van der Waals surface area contributed by atoms with Crippen molar-refractivity contribution < 1.29 is 9.47 Å². The molecule has 5 rings (SSSR count). The fraction of sp³-hybridized carbons (Fsp3) is 0.350. The van der Waals surface area contributed by atoms with Crippen LogP contribution in [0, 0.1) is 0 Å². The number of hydrogen-bond acceptors (Lipinski definition) is 4. The first-order valence-electron chi connectivity index (χ1n) is 8.43. The van der Waals surface area contributed by atoms with Crippen LogP contribution in [0.4, 0.5) is 11.5 Å². The number of pyridine rings is 1. The van der Waals surface area contributed by atoms with Gasteiger partial charge in [-0.2, -0.15) is 0 Å². The third-order valence-corrected chi connectivity index (χ3v) is 4.93. The lowest BCUT2D eigenvalue weighted by Gasteiger charge is -2.19. The Hall–Kier alpha value is -2.69. The molecular weight excluding hydrogens is 314 g/mol. The fourth-order valence-corrected chi connectivity index (χ4v) is 3.79. The van der Waals surface area contributed by atoms with Crippen molar-refractivity contribution in [1.29, 1.82) is 0 Å². The molecule has 0 atom stereocenters. The summed E-state index contributed by atoms with van der Waals surface area (Å²) in [5.74, 6) is 2.43. The summed E-state index contributed by atoms with van der Waals surface area (Å²) in [5.41, 5.74) is 4.93. The highest BCUT2D eigenvalue weighted by atomic mass is 16.6. The average molecular weight is 337 g/mol. The maximum absolute atomic E-state index is 5.64. The lowest BCUT2D eigenvalue weighted by atomic mass is 10.2. The minimum atomic E-state index is 0. The van der Waals surface area contributed by atoms with E-state index in [2.05, 4.69) is 29.1 Å². The van der Waals surface area contributed by atoms with Crippen LogP contribution < -0.4 is 14.8 Å². The monoisotopic (exact) mass is 337 g/mol. The second-order valence-electron chi connectivity index (χ2n) is 6.39. The lowest BCUT2D eigenvalue weighted by Crippen LogP contribution is -2.15. The molecule has 0 saturated heterocycles. The van der Waals surface area contributed by atoms with Gasteiger partial charge in [-0.1, -0.05) is 7.43 Å². The van der Waals surface area contributed by atoms with E-state index in [1.165, 1.54) is 29.5 Å². The van der Waals surface area contributed by atoms with Crippen molar-refractivity contribution >= 4 is 22.5 Å². The first-order valence-corrected chi connectivity index (χ1v) is 8.43. The van der Waals surface area contributed by atoms with Crippen LogP contribution in [-0.4, -0.2) is 22.8 Å². The number of anilines is 2. The summed E-state index contributed by atoms with van der Waals surface area (Å²) in [6.07, 6.45) is 3.59. The number of rotatable bonds is 2. The number of aromatic nitrogens is 2. The Labute approximate surface area is 147 Å². The first kappa shape index (κ1) is 15.8. The van der Waals surface area contributed by atoms with Gasteiger partial charge in [0.05, 0.1) is 0 Å². The number of ether oxygens (including phenoxy) is 2. The van der Waals surface area contributed by atoms with Gasteiger partial charge in [0.2, 0.25) is 0 Å². The quantitative estimate of drug-likeness (QED) is 0.761. The van der Waals surface area contributed by atoms with Crippen molar-refractivity contribution in [3.8, 4) is 11.5 Å². The minimum Gasteiger partial charge on any atom is -0.486 e. The maximum atomic E-state index is 5.64. The van der Waals surface area contributed by atoms with E-state index in [1.807, 2.05) is 18.2 Å². The van der Waals surface area contributed by atoms with Gasteiger partial charge in [0, 0.05) is 29.9 Å². The van der Waals surface area contributed by atoms with Crippen molar-refractivity contribution in [2.45, 2.75) is 26.7 Å². The van der Waals surface area contributed by atoms with E-state index in [1.54, 1.807) is 0 Å². The van der Waals surface area contributed by atoms with E-state index in [-0.39, 0.29) is 7.43 Å². The molecule has 130 valence electrons. The van der Waals surface area contributed by atoms with Gasteiger partial charge >= 0.3 is 0 Å². The average Bonchev–Trinajstić information content (AvgIpc) is 3.19. The molecule has 3 heterocycles. The first-order chi connectivity index (χ1) is 11.8. The van der Waals surface area contributed by atoms with Gasteiger partial charge in [-0.25, -0.2) is 4.98 Å². The molecule has 1 aliphatic carbocycles. The summed E-state index contributed by atoms with van der Waals surface area (Å²) in [4.78, 5) is 4.83. The smallest absolute Gasteiger partial charge is 0.163 e. The molecule has 0 fully saturated rings. The Bertz CT molecular complexity index is 946. The SMILES string of the molecule is C.Cn1c2c(c3ccc(Nc4ccc5c(c4)OCCO5)nc31)CCC2. The normalized spacial score (nSPS) is 14.9. The van der Waals surface area contributed by atoms with Crippen molar-refractivity contribution in [1.82, 2.24) is 9.55 Å². The summed E-state index contributed by atoms with van der Waals surface area (Å²) < 4.78 is 13.5. The molecule has 25 heavy (non-hydrogen) atoms. The van der Waals surface area contributed by atoms with Gasteiger partial charge in [-0.15, -0.1) is 0 Å². The topological polar surface area (TPSA) is 48.3 Å². The Kier molecular flexibility index (Phi) is 3.79. The Morgan fingerprint density at radius 3 is 2.76 bits per heavy atom. The molecular formula is C20H23N3O2. The predicted octanol–water partition coefficient (Wildman–Crippen LogP) is 4.21. The lowest BCUT2D eigenvalue weighted by molar-refractivity contribution is 0.171. The molecule has 2 aromatic heterocycles. The summed E-state index contributed by atoms with van der Waals surface area (Å²) >= 11 is 0. The number of hydrogen-bond donors (Lipinski definition) is 1. The highest BCUT2D eigenvalue weighted by Crippen LogP contribution is 2.35. The highest BCUT2D eigenvalue weighted by molar-refractivity contribution is 5.85. The maximum Gasteiger partial charge on any atom is 0.163 e. The van der Waals surface area contributed by atoms with E-state index >= 15 is 0 Å². The van der Waals surface area contributed by atoms with E-state index in [0.717, 1.165) is 35.1 Å². The third-order valence-electron chi connectivity index (χ3n) is 4.93. The van der Waals surface area contributed by atoms with E-state index < -0.39 is 0 Å². The molecule has 0 bridgehead atoms. The number of aryl methyl sites for hydroxylation is 2. The zero-order valence-electron chi connectivity index (χ0n) is 13.6. The zero-order valence-corrected chi connectivity index (χ0v) is 13.6. The molecule has 0 spiro atoms. The van der Waals surface area contributed by atoms with Gasteiger partial charge in [0.15, 0.2) is 11.5 Å². The molecule has 1 N–H and O–H groups in total. The van der Waals surface area contributed by atoms with E-state index in [4.69, 9.17) is 14.5 Å². The molecule has 5 nitrogen and oxygen atoms in total. The van der Waals surface area contributed by atoms with Gasteiger partial charge in [-0.3, -0.25) is 0 Å². The second-order valence-corrected chi connectivity index (χ2v) is 6.39. The van der Waals surface area contributed by atoms with Gasteiger partial charge in [0.1, 0.15) is 24.7 Å². The predicted molar refractivity (Wildman–Crippen MR) is 100 cm³/mol. The van der Waals surface area contributed by atoms with Crippen LogP contribution in [0.25, 0.3) is 11.0 Å². The highest BCUT2D eigenvalue weighted by Gasteiger charge is 2.20. The molecule has 0 unspecified atom stereocenters. The Morgan fingerprint density at radius 2 is 1.88 bits per heavy atom. The molecule has 0 amide bonds. The van der Waals surface area contributed by atoms with Gasteiger partial charge in [0.25, 0.3) is 0 Å². The van der Waals surface area contributed by atoms with Crippen LogP contribution in [0.5, 0.6) is 11.5 Å². The van der Waals surface area contributed by atoms with Crippen LogP contribution in [-0.2, 0) is 19.9 Å². The van der Waals surface area contributed by atoms with Crippen molar-refractivity contribution in [2.75, 3.05) is 18.5 Å². The molecule has 1 aliphatic heterocycles. The number of nitrogens with zero attached hydrogens (tertiary/aromatic N) is 2. The Morgan fingerprint density at radius 1 is 1.04 bits per heavy atom. The van der Waals surface area contributed by atoms with Crippen LogP contribution in [0.2, 0.25) is 0 Å². The number of nitrogens with one attached hydrogen (secondary N) is 1. The molecule has 0 radical (unpaired) electrons. The van der Waals surface area contributed by atoms with Gasteiger partial charge in [-0.05, 0) is 49.1 Å². The summed E-state index contributed by atoms with van der Waals surface area (Å²) in [6, 6.07) is 10.1. The largest absolute Gasteiger partial charge is 0.486 e. The van der Waals surface area contributed by atoms with E-state index in [0.29, 0.717) is 13.2 Å². The van der Waals surface area contributed by atoms with E-state index in [9.17, 15) is 0 Å². The number of fused-ring (bicyclic) bond motifs is 4. The standard InChI is InChI=1S/C19H19N3O2.CH4/c1-22-15-4-2-3-13(15)14-6-8-18(21-19(14)22)20-12-5-7-16-17(11-12)24-10-9-23-16;/h5-8,11H,2-4,9-10H2,1H3,(H,20,21);1H4. The van der Waals surface area contributed by atoms with Crippen LogP contribution in [0.1, 0.15) is 25.1 Å². The zero-order chi connectivity index (χ0) is 16.1. The van der Waals surface area contributed by atoms with Gasteiger partial charge < -0.3 is 19.4 Å².